The average Bonchev–Trinajstić information content (AvgIpc) is 2.63. The molecule has 0 spiro atoms. The number of carbonyl (C=O) groups is 2. The lowest BCUT2D eigenvalue weighted by atomic mass is 10.1. The van der Waals surface area contributed by atoms with Gasteiger partial charge < -0.3 is 5.11 Å². The summed E-state index contributed by atoms with van der Waals surface area (Å²) < 4.78 is 1.65. The highest BCUT2D eigenvalue weighted by atomic mass is 16.3. The monoisotopic (exact) mass is 239 g/mol. The highest BCUT2D eigenvalue weighted by Gasteiger charge is 2.50. The van der Waals surface area contributed by atoms with Crippen LogP contribution in [-0.4, -0.2) is 76.4 Å². The van der Waals surface area contributed by atoms with Crippen LogP contribution in [0.25, 0.3) is 0 Å². The lowest BCUT2D eigenvalue weighted by Crippen LogP contribution is -2.63. The number of amides is 3. The van der Waals surface area contributed by atoms with Crippen LogP contribution in [0.2, 0.25) is 0 Å². The molecule has 0 radical (unpaired) electrons. The van der Waals surface area contributed by atoms with Crippen LogP contribution < -0.4 is 0 Å². The van der Waals surface area contributed by atoms with Crippen LogP contribution in [-0.2, 0) is 4.79 Å². The van der Waals surface area contributed by atoms with Crippen molar-refractivity contribution in [1.29, 1.82) is 0 Å². The molecule has 0 aromatic heterocycles. The van der Waals surface area contributed by atoms with Gasteiger partial charge in [-0.15, -0.1) is 0 Å². The predicted molar refractivity (Wildman–Crippen MR) is 60.0 cm³/mol. The SMILES string of the molecule is CC(O)CN1C(=O)C2C(=NC=[N+]2C)N(C)C1=O. The van der Waals surface area contributed by atoms with Crippen molar-refractivity contribution in [3.05, 3.63) is 0 Å². The van der Waals surface area contributed by atoms with Crippen molar-refractivity contribution >= 4 is 24.1 Å². The molecule has 92 valence electrons. The van der Waals surface area contributed by atoms with Gasteiger partial charge in [0.25, 0.3) is 24.1 Å². The number of carbonyl (C=O) groups excluding carboxylic acids is 2. The van der Waals surface area contributed by atoms with E-state index in [0.29, 0.717) is 5.84 Å². The van der Waals surface area contributed by atoms with Gasteiger partial charge in [0, 0.05) is 7.05 Å². The third-order valence-electron chi connectivity index (χ3n) is 2.83. The maximum absolute atomic E-state index is 12.1. The Morgan fingerprint density at radius 1 is 1.59 bits per heavy atom. The van der Waals surface area contributed by atoms with Gasteiger partial charge in [-0.1, -0.05) is 0 Å². The number of urea groups is 1. The molecule has 2 unspecified atom stereocenters. The molecule has 7 heteroatoms. The van der Waals surface area contributed by atoms with Gasteiger partial charge in [0.1, 0.15) is 0 Å². The third-order valence-corrected chi connectivity index (χ3v) is 2.83. The number of amidine groups is 1. The van der Waals surface area contributed by atoms with Crippen molar-refractivity contribution in [2.75, 3.05) is 20.6 Å². The smallest absolute Gasteiger partial charge is 0.333 e. The molecule has 2 rings (SSSR count). The largest absolute Gasteiger partial charge is 0.392 e. The summed E-state index contributed by atoms with van der Waals surface area (Å²) in [5, 5.41) is 9.32. The molecule has 2 aliphatic heterocycles. The van der Waals surface area contributed by atoms with Crippen LogP contribution in [0.3, 0.4) is 0 Å². The summed E-state index contributed by atoms with van der Waals surface area (Å²) in [4.78, 5) is 30.5. The number of likely N-dealkylation sites (N-methyl/N-ethyl adjacent to an activating group) is 2. The molecule has 2 atom stereocenters. The number of nitrogens with zero attached hydrogens (tertiary/aromatic N) is 4. The Morgan fingerprint density at radius 2 is 2.24 bits per heavy atom. The molecule has 0 aromatic carbocycles. The first-order valence-electron chi connectivity index (χ1n) is 5.33. The van der Waals surface area contributed by atoms with Crippen molar-refractivity contribution in [3.63, 3.8) is 0 Å². The van der Waals surface area contributed by atoms with E-state index in [-0.39, 0.29) is 12.5 Å². The summed E-state index contributed by atoms with van der Waals surface area (Å²) in [5.74, 6) is 0.0911. The van der Waals surface area contributed by atoms with Gasteiger partial charge >= 0.3 is 6.03 Å². The first kappa shape index (κ1) is 11.7. The Morgan fingerprint density at radius 3 is 2.82 bits per heavy atom. The van der Waals surface area contributed by atoms with Crippen LogP contribution in [0.15, 0.2) is 4.99 Å². The number of hydrogen-bond donors (Lipinski definition) is 1. The minimum Gasteiger partial charge on any atom is -0.392 e. The van der Waals surface area contributed by atoms with Crippen LogP contribution in [0.5, 0.6) is 0 Å². The minimum atomic E-state index is -0.745. The van der Waals surface area contributed by atoms with E-state index in [1.165, 1.54) is 18.2 Å². The maximum atomic E-state index is 12.1. The molecule has 17 heavy (non-hydrogen) atoms. The van der Waals surface area contributed by atoms with E-state index in [4.69, 9.17) is 0 Å². The Kier molecular flexibility index (Phi) is 2.70. The summed E-state index contributed by atoms with van der Waals surface area (Å²) in [6.45, 7) is 1.54. The zero-order chi connectivity index (χ0) is 12.7. The van der Waals surface area contributed by atoms with Crippen molar-refractivity contribution in [2.24, 2.45) is 4.99 Å². The van der Waals surface area contributed by atoms with Gasteiger partial charge in [-0.25, -0.2) is 9.37 Å². The second-order valence-corrected chi connectivity index (χ2v) is 4.31. The van der Waals surface area contributed by atoms with Gasteiger partial charge in [0.15, 0.2) is 0 Å². The van der Waals surface area contributed by atoms with Gasteiger partial charge in [-0.3, -0.25) is 14.6 Å². The second-order valence-electron chi connectivity index (χ2n) is 4.31. The topological polar surface area (TPSA) is 76.2 Å². The van der Waals surface area contributed by atoms with Crippen molar-refractivity contribution in [3.8, 4) is 0 Å². The summed E-state index contributed by atoms with van der Waals surface area (Å²) in [5.41, 5.74) is 0. The van der Waals surface area contributed by atoms with Gasteiger partial charge in [0.05, 0.1) is 19.7 Å². The highest BCUT2D eigenvalue weighted by molar-refractivity contribution is 6.21. The average molecular weight is 239 g/mol. The summed E-state index contributed by atoms with van der Waals surface area (Å²) in [6.07, 6.45) is 0.776. The molecule has 3 amide bonds. The quantitative estimate of drug-likeness (QED) is 0.609. The molecule has 2 heterocycles. The lowest BCUT2D eigenvalue weighted by Gasteiger charge is -2.33. The number of β-amino-alcohol motifs (C(OH)–C–C–N with tert-alkyl or cyclic N) is 1. The minimum absolute atomic E-state index is 0.000370. The number of imide groups is 1. The molecular weight excluding hydrogens is 224 g/mol. The summed E-state index contributed by atoms with van der Waals surface area (Å²) in [7, 11) is 3.30. The lowest BCUT2D eigenvalue weighted by molar-refractivity contribution is -0.501. The highest BCUT2D eigenvalue weighted by Crippen LogP contribution is 2.17. The summed E-state index contributed by atoms with van der Waals surface area (Å²) >= 11 is 0. The second kappa shape index (κ2) is 3.92. The van der Waals surface area contributed by atoms with Gasteiger partial charge in [-0.2, -0.15) is 0 Å². The van der Waals surface area contributed by atoms with E-state index >= 15 is 0 Å². The predicted octanol–water partition coefficient (Wildman–Crippen LogP) is -1.29. The number of rotatable bonds is 2. The van der Waals surface area contributed by atoms with Crippen molar-refractivity contribution in [2.45, 2.75) is 19.1 Å². The molecule has 0 saturated carbocycles. The number of aliphatic imine (C=N–C) groups is 1. The number of fused-ring (bicyclic) bond motifs is 1. The van der Waals surface area contributed by atoms with Crippen LogP contribution in [0, 0.1) is 0 Å². The number of aliphatic hydroxyl groups excluding tert-OH is 1. The fourth-order valence-electron chi connectivity index (χ4n) is 1.98. The summed E-state index contributed by atoms with van der Waals surface area (Å²) in [6, 6.07) is -1.01. The Balaban J connectivity index is 2.32. The Bertz CT molecular complexity index is 441. The van der Waals surface area contributed by atoms with E-state index in [2.05, 4.69) is 4.99 Å². The third kappa shape index (κ3) is 1.72. The van der Waals surface area contributed by atoms with Crippen LogP contribution in [0.1, 0.15) is 6.92 Å². The molecule has 1 N–H and O–H groups in total. The van der Waals surface area contributed by atoms with E-state index in [0.717, 1.165) is 4.90 Å². The zero-order valence-corrected chi connectivity index (χ0v) is 9.99. The van der Waals surface area contributed by atoms with Crippen LogP contribution >= 0.6 is 0 Å². The molecular formula is C10H15N4O3+. The molecule has 2 aliphatic rings. The van der Waals surface area contributed by atoms with Crippen molar-refractivity contribution in [1.82, 2.24) is 9.80 Å². The fourth-order valence-corrected chi connectivity index (χ4v) is 1.98. The van der Waals surface area contributed by atoms with Crippen molar-refractivity contribution < 1.29 is 19.3 Å². The Hall–Kier alpha value is -1.76. The molecule has 0 aromatic rings. The normalized spacial score (nSPS) is 25.8. The molecule has 0 aliphatic carbocycles. The van der Waals surface area contributed by atoms with Gasteiger partial charge in [-0.05, 0) is 11.9 Å². The number of hydrogen-bond acceptors (Lipinski definition) is 4. The van der Waals surface area contributed by atoms with E-state index in [1.807, 2.05) is 0 Å². The van der Waals surface area contributed by atoms with E-state index in [9.17, 15) is 14.7 Å². The molecule has 7 nitrogen and oxygen atoms in total. The molecule has 1 saturated heterocycles. The van der Waals surface area contributed by atoms with E-state index in [1.54, 1.807) is 18.7 Å². The maximum Gasteiger partial charge on any atom is 0.333 e. The van der Waals surface area contributed by atoms with Gasteiger partial charge in [0.2, 0.25) is 0 Å². The Labute approximate surface area is 98.6 Å². The van der Waals surface area contributed by atoms with E-state index < -0.39 is 18.2 Å². The fraction of sp³-hybridized carbons (Fsp3) is 0.600. The standard InChI is InChI=1S/C10H15N4O3/c1-6(15)4-14-9(16)7-8(11-5-12(7)2)13(3)10(14)17/h5-7,15H,4H2,1-3H3/q+1. The zero-order valence-electron chi connectivity index (χ0n) is 9.99. The number of aliphatic hydroxyl groups is 1. The van der Waals surface area contributed by atoms with Crippen LogP contribution in [0.4, 0.5) is 4.79 Å². The molecule has 0 bridgehead atoms. The first-order valence-corrected chi connectivity index (χ1v) is 5.33. The first-order chi connectivity index (χ1) is 7.93. The molecule has 1 fully saturated rings.